The molecule has 7 nitrogen and oxygen atoms in total. The van der Waals surface area contributed by atoms with Crippen molar-refractivity contribution < 1.29 is 41.1 Å². The lowest BCUT2D eigenvalue weighted by atomic mass is 9.71. The van der Waals surface area contributed by atoms with Crippen molar-refractivity contribution in [3.63, 3.8) is 0 Å². The molecule has 1 saturated carbocycles. The number of nitrogens with one attached hydrogen (secondary N) is 2. The zero-order valence-corrected chi connectivity index (χ0v) is 20.2. The van der Waals surface area contributed by atoms with Gasteiger partial charge in [0.25, 0.3) is 11.8 Å². The van der Waals surface area contributed by atoms with Crippen LogP contribution >= 0.6 is 11.6 Å². The van der Waals surface area contributed by atoms with Gasteiger partial charge < -0.3 is 15.5 Å². The third-order valence-corrected chi connectivity index (χ3v) is 7.65. The predicted octanol–water partition coefficient (Wildman–Crippen LogP) is 3.00. The number of piperidine rings is 2. The first kappa shape index (κ1) is 27.3. The largest absolute Gasteiger partial charge is 0.356 e. The van der Waals surface area contributed by atoms with Crippen molar-refractivity contribution in [1.82, 2.24) is 15.5 Å². The molecular weight excluding hydrogens is 525 g/mol. The van der Waals surface area contributed by atoms with Gasteiger partial charge >= 0.3 is 5.92 Å². The minimum Gasteiger partial charge on any atom is -0.356 e. The van der Waals surface area contributed by atoms with Gasteiger partial charge in [0.15, 0.2) is 5.78 Å². The molecule has 0 aromatic heterocycles. The van der Waals surface area contributed by atoms with Crippen molar-refractivity contribution in [2.75, 3.05) is 13.2 Å². The standard InChI is InChI=1S/C24H25ClF5N3O4/c25-14-3-1-2-13(9-14)24(29,30)22(37)33-15-4-5-16(23(27,28)10-15)19(33)21(36)32-17(18(34)11-26)8-12-6-7-31-20(12)35/h1-3,9,12,15-17,19H,4-8,10-11H2,(H,31,35)(H,32,36)/t12-,15+,16+,17+,19+/m1/s1. The second-order valence-electron chi connectivity index (χ2n) is 9.72. The first-order chi connectivity index (χ1) is 17.4. The van der Waals surface area contributed by atoms with Crippen LogP contribution in [0.3, 0.4) is 0 Å². The molecule has 13 heteroatoms. The highest BCUT2D eigenvalue weighted by molar-refractivity contribution is 6.30. The van der Waals surface area contributed by atoms with Crippen LogP contribution in [0.2, 0.25) is 5.02 Å². The van der Waals surface area contributed by atoms with Gasteiger partial charge in [0.2, 0.25) is 11.8 Å². The summed E-state index contributed by atoms with van der Waals surface area (Å²) in [5, 5.41) is 4.65. The molecule has 5 atom stereocenters. The molecule has 0 spiro atoms. The third-order valence-electron chi connectivity index (χ3n) is 7.41. The fraction of sp³-hybridized carbons (Fsp3) is 0.583. The summed E-state index contributed by atoms with van der Waals surface area (Å²) in [6.07, 6.45) is -1.10. The number of benzene rings is 1. The van der Waals surface area contributed by atoms with E-state index in [1.165, 1.54) is 12.1 Å². The molecule has 3 saturated heterocycles. The number of amides is 3. The van der Waals surface area contributed by atoms with E-state index in [0.717, 1.165) is 12.1 Å². The highest BCUT2D eigenvalue weighted by Gasteiger charge is 2.63. The summed E-state index contributed by atoms with van der Waals surface area (Å²) in [6, 6.07) is -0.585. The summed E-state index contributed by atoms with van der Waals surface area (Å²) in [5.74, 6) is -14.7. The molecule has 3 heterocycles. The number of halogens is 6. The normalized spacial score (nSPS) is 27.5. The van der Waals surface area contributed by atoms with Crippen LogP contribution in [-0.4, -0.2) is 65.7 Å². The van der Waals surface area contributed by atoms with E-state index < -0.39 is 84.0 Å². The average Bonchev–Trinajstić information content (AvgIpc) is 3.25. The topological polar surface area (TPSA) is 95.6 Å². The van der Waals surface area contributed by atoms with Crippen molar-refractivity contribution in [2.24, 2.45) is 11.8 Å². The van der Waals surface area contributed by atoms with E-state index in [-0.39, 0.29) is 24.3 Å². The van der Waals surface area contributed by atoms with Crippen LogP contribution in [0.15, 0.2) is 24.3 Å². The number of hydrogen-bond donors (Lipinski definition) is 2. The summed E-state index contributed by atoms with van der Waals surface area (Å²) in [7, 11) is 0. The van der Waals surface area contributed by atoms with E-state index in [2.05, 4.69) is 10.6 Å². The van der Waals surface area contributed by atoms with Crippen LogP contribution < -0.4 is 10.6 Å². The molecular formula is C24H25ClF5N3O4. The number of carbonyl (C=O) groups excluding carboxylic acids is 4. The second-order valence-corrected chi connectivity index (χ2v) is 10.2. The Morgan fingerprint density at radius 3 is 2.54 bits per heavy atom. The Hall–Kier alpha value is -2.76. The molecule has 1 aliphatic carbocycles. The minimum atomic E-state index is -4.19. The Morgan fingerprint density at radius 2 is 1.95 bits per heavy atom. The minimum absolute atomic E-state index is 0.0174. The summed E-state index contributed by atoms with van der Waals surface area (Å²) >= 11 is 5.79. The smallest absolute Gasteiger partial charge is 0.350 e. The van der Waals surface area contributed by atoms with Crippen LogP contribution in [0.5, 0.6) is 0 Å². The third kappa shape index (κ3) is 5.17. The lowest BCUT2D eigenvalue weighted by molar-refractivity contribution is -0.207. The predicted molar refractivity (Wildman–Crippen MR) is 121 cm³/mol. The Morgan fingerprint density at radius 1 is 1.22 bits per heavy atom. The van der Waals surface area contributed by atoms with Gasteiger partial charge in [-0.15, -0.1) is 0 Å². The fourth-order valence-electron chi connectivity index (χ4n) is 5.54. The van der Waals surface area contributed by atoms with E-state index in [9.17, 15) is 32.3 Å². The number of Topliss-reactive ketones (excluding diaryl/α,β-unsaturated/α-hetero) is 1. The zero-order chi connectivity index (χ0) is 27.1. The van der Waals surface area contributed by atoms with Crippen LogP contribution in [0.1, 0.15) is 37.7 Å². The van der Waals surface area contributed by atoms with Gasteiger partial charge in [0.1, 0.15) is 12.7 Å². The van der Waals surface area contributed by atoms with Crippen LogP contribution in [0, 0.1) is 11.8 Å². The molecule has 202 valence electrons. The summed E-state index contributed by atoms with van der Waals surface area (Å²) in [4.78, 5) is 51.1. The maximum atomic E-state index is 15.3. The van der Waals surface area contributed by atoms with E-state index in [1.54, 1.807) is 0 Å². The molecule has 4 fully saturated rings. The van der Waals surface area contributed by atoms with Crippen LogP contribution in [0.25, 0.3) is 0 Å². The van der Waals surface area contributed by atoms with E-state index in [0.29, 0.717) is 17.9 Å². The molecule has 1 aromatic rings. The first-order valence-corrected chi connectivity index (χ1v) is 12.3. The average molecular weight is 550 g/mol. The van der Waals surface area contributed by atoms with Crippen molar-refractivity contribution in [2.45, 2.75) is 62.1 Å². The highest BCUT2D eigenvalue weighted by Crippen LogP contribution is 2.50. The Bertz CT molecular complexity index is 1100. The molecule has 0 radical (unpaired) electrons. The first-order valence-electron chi connectivity index (χ1n) is 11.9. The van der Waals surface area contributed by atoms with Crippen LogP contribution in [-0.2, 0) is 25.1 Å². The van der Waals surface area contributed by atoms with E-state index >= 15 is 8.78 Å². The number of rotatable bonds is 8. The van der Waals surface area contributed by atoms with E-state index in [1.807, 2.05) is 0 Å². The van der Waals surface area contributed by atoms with Gasteiger partial charge in [-0.2, -0.15) is 8.78 Å². The monoisotopic (exact) mass is 549 g/mol. The number of hydrogen-bond acceptors (Lipinski definition) is 4. The van der Waals surface area contributed by atoms with Gasteiger partial charge in [0, 0.05) is 35.5 Å². The quantitative estimate of drug-likeness (QED) is 0.488. The van der Waals surface area contributed by atoms with Crippen molar-refractivity contribution in [3.05, 3.63) is 34.9 Å². The molecule has 4 aliphatic rings. The Labute approximate surface area is 214 Å². The van der Waals surface area contributed by atoms with Crippen molar-refractivity contribution in [1.29, 1.82) is 0 Å². The number of ketones is 1. The molecule has 3 amide bonds. The SMILES string of the molecule is O=C1NCC[C@@H]1C[C@H](NC(=O)[C@@H]1[C@@H]2CC[C@@H](CC2(F)F)N1C(=O)C(F)(F)c1cccc(Cl)c1)C(=O)CF. The Balaban J connectivity index is 1.64. The fourth-order valence-corrected chi connectivity index (χ4v) is 5.73. The zero-order valence-electron chi connectivity index (χ0n) is 19.5. The number of fused-ring (bicyclic) bond motifs is 3. The Kier molecular flexibility index (Phi) is 7.51. The van der Waals surface area contributed by atoms with Crippen LogP contribution in [0.4, 0.5) is 22.0 Å². The van der Waals surface area contributed by atoms with Gasteiger partial charge in [0.05, 0.1) is 12.0 Å². The van der Waals surface area contributed by atoms with E-state index in [4.69, 9.17) is 11.6 Å². The molecule has 0 unspecified atom stereocenters. The van der Waals surface area contributed by atoms with Crippen molar-refractivity contribution in [3.8, 4) is 0 Å². The van der Waals surface area contributed by atoms with Gasteiger partial charge in [-0.1, -0.05) is 23.7 Å². The van der Waals surface area contributed by atoms with Gasteiger partial charge in [-0.25, -0.2) is 13.2 Å². The second kappa shape index (κ2) is 10.2. The molecule has 37 heavy (non-hydrogen) atoms. The molecule has 1 aromatic carbocycles. The summed E-state index contributed by atoms with van der Waals surface area (Å²) < 4.78 is 73.6. The number of carbonyl (C=O) groups is 4. The molecule has 2 bridgehead atoms. The summed E-state index contributed by atoms with van der Waals surface area (Å²) in [6.45, 7) is -1.19. The lowest BCUT2D eigenvalue weighted by Gasteiger charge is -2.54. The number of alkyl halides is 5. The number of nitrogens with zero attached hydrogens (tertiary/aromatic N) is 1. The highest BCUT2D eigenvalue weighted by atomic mass is 35.5. The lowest BCUT2D eigenvalue weighted by Crippen LogP contribution is -2.70. The van der Waals surface area contributed by atoms with Crippen molar-refractivity contribution >= 4 is 35.1 Å². The summed E-state index contributed by atoms with van der Waals surface area (Å²) in [5.41, 5.74) is -0.768. The molecule has 3 aliphatic heterocycles. The molecule has 5 rings (SSSR count). The molecule has 2 N–H and O–H groups in total. The van der Waals surface area contributed by atoms with Gasteiger partial charge in [-0.05, 0) is 37.8 Å². The van der Waals surface area contributed by atoms with Gasteiger partial charge in [-0.3, -0.25) is 19.2 Å². The maximum absolute atomic E-state index is 15.3. The maximum Gasteiger partial charge on any atom is 0.350 e.